The van der Waals surface area contributed by atoms with Gasteiger partial charge in [0.1, 0.15) is 11.7 Å². The van der Waals surface area contributed by atoms with E-state index in [1.807, 2.05) is 31.2 Å². The predicted molar refractivity (Wildman–Crippen MR) is 153 cm³/mol. The van der Waals surface area contributed by atoms with E-state index >= 15 is 0 Å². The highest BCUT2D eigenvalue weighted by Crippen LogP contribution is 2.57. The van der Waals surface area contributed by atoms with Crippen LogP contribution in [0.1, 0.15) is 58.4 Å². The number of amides is 2. The van der Waals surface area contributed by atoms with Crippen molar-refractivity contribution < 1.29 is 32.3 Å². The molecule has 3 aliphatic rings. The number of pyridine rings is 1. The summed E-state index contributed by atoms with van der Waals surface area (Å²) in [5, 5.41) is 1.25. The number of nitrogens with zero attached hydrogens (tertiary/aromatic N) is 2. The molecule has 1 saturated heterocycles. The number of allylic oxidation sites excluding steroid dienone is 1. The lowest BCUT2D eigenvalue weighted by Crippen LogP contribution is -2.46. The van der Waals surface area contributed by atoms with E-state index in [4.69, 9.17) is 9.47 Å². The van der Waals surface area contributed by atoms with Gasteiger partial charge in [-0.25, -0.2) is 18.2 Å². The fourth-order valence-electron chi connectivity index (χ4n) is 5.64. The Morgan fingerprint density at radius 1 is 1.22 bits per heavy atom. The second-order valence-corrected chi connectivity index (χ2v) is 14.4. The average molecular weight is 584 g/mol. The van der Waals surface area contributed by atoms with Crippen LogP contribution in [0.2, 0.25) is 0 Å². The van der Waals surface area contributed by atoms with E-state index < -0.39 is 50.4 Å². The highest BCUT2D eigenvalue weighted by Gasteiger charge is 2.61. The molecule has 2 saturated carbocycles. The molecule has 11 heteroatoms. The van der Waals surface area contributed by atoms with Gasteiger partial charge in [-0.15, -0.1) is 6.58 Å². The zero-order valence-electron chi connectivity index (χ0n) is 23.9. The maximum Gasteiger partial charge on any atom is 0.411 e. The first-order chi connectivity index (χ1) is 19.2. The Morgan fingerprint density at radius 3 is 2.59 bits per heavy atom. The second kappa shape index (κ2) is 10.4. The van der Waals surface area contributed by atoms with Crippen molar-refractivity contribution in [3.63, 3.8) is 0 Å². The lowest BCUT2D eigenvalue weighted by Gasteiger charge is -2.28. The fourth-order valence-corrected chi connectivity index (χ4v) is 7.02. The van der Waals surface area contributed by atoms with E-state index in [0.29, 0.717) is 25.1 Å². The van der Waals surface area contributed by atoms with Gasteiger partial charge in [-0.2, -0.15) is 0 Å². The molecule has 1 aromatic carbocycles. The number of hydrogen-bond donors (Lipinski definition) is 1. The number of ketones is 1. The van der Waals surface area contributed by atoms with Crippen LogP contribution in [-0.2, 0) is 24.3 Å². The number of fused-ring (bicyclic) bond motifs is 1. The Morgan fingerprint density at radius 2 is 1.95 bits per heavy atom. The smallest absolute Gasteiger partial charge is 0.411 e. The molecule has 0 spiro atoms. The summed E-state index contributed by atoms with van der Waals surface area (Å²) < 4.78 is 39.1. The summed E-state index contributed by atoms with van der Waals surface area (Å²) in [6.07, 6.45) is 3.32. The number of hydrogen-bond acceptors (Lipinski definition) is 8. The van der Waals surface area contributed by atoms with Crippen molar-refractivity contribution in [3.8, 4) is 5.88 Å². The van der Waals surface area contributed by atoms with Crippen LogP contribution in [0.4, 0.5) is 4.79 Å². The maximum atomic E-state index is 13.8. The summed E-state index contributed by atoms with van der Waals surface area (Å²) in [7, 11) is -3.78. The highest BCUT2D eigenvalue weighted by atomic mass is 32.2. The van der Waals surface area contributed by atoms with Crippen molar-refractivity contribution in [2.75, 3.05) is 6.54 Å². The van der Waals surface area contributed by atoms with Gasteiger partial charge in [-0.1, -0.05) is 24.3 Å². The van der Waals surface area contributed by atoms with Crippen LogP contribution in [0, 0.1) is 18.3 Å². The molecule has 41 heavy (non-hydrogen) atoms. The zero-order valence-corrected chi connectivity index (χ0v) is 24.7. The Bertz CT molecular complexity index is 1510. The number of sulfonamides is 1. The van der Waals surface area contributed by atoms with E-state index in [-0.39, 0.29) is 31.1 Å². The van der Waals surface area contributed by atoms with Crippen LogP contribution in [0.15, 0.2) is 43.1 Å². The van der Waals surface area contributed by atoms with Gasteiger partial charge in [0.05, 0.1) is 23.3 Å². The third kappa shape index (κ3) is 5.95. The SMILES string of the molecule is C=C[C@@H]1C[C@]1(CC(=O)C1C[C@@H](Oc2nccc3cccc(C)c23)CN1C(=O)OC(C)(C)C)C(=O)NS(=O)(=O)C1CC1. The first-order valence-corrected chi connectivity index (χ1v) is 15.5. The molecule has 0 radical (unpaired) electrons. The van der Waals surface area contributed by atoms with Gasteiger partial charge in [-0.3, -0.25) is 19.2 Å². The van der Waals surface area contributed by atoms with Crippen LogP contribution >= 0.6 is 0 Å². The molecule has 2 aromatic rings. The van der Waals surface area contributed by atoms with E-state index in [9.17, 15) is 22.8 Å². The molecule has 10 nitrogen and oxygen atoms in total. The summed E-state index contributed by atoms with van der Waals surface area (Å²) in [5.41, 5.74) is -1.02. The molecule has 2 heterocycles. The molecule has 1 aliphatic heterocycles. The van der Waals surface area contributed by atoms with Crippen LogP contribution < -0.4 is 9.46 Å². The number of likely N-dealkylation sites (tertiary alicyclic amines) is 1. The van der Waals surface area contributed by atoms with Crippen LogP contribution in [-0.4, -0.2) is 65.6 Å². The molecule has 3 fully saturated rings. The number of aryl methyl sites for hydroxylation is 1. The van der Waals surface area contributed by atoms with Crippen molar-refractivity contribution >= 4 is 38.6 Å². The minimum absolute atomic E-state index is 0.0927. The number of benzene rings is 1. The van der Waals surface area contributed by atoms with Crippen molar-refractivity contribution in [3.05, 3.63) is 48.7 Å². The number of aromatic nitrogens is 1. The molecule has 4 atom stereocenters. The lowest BCUT2D eigenvalue weighted by atomic mass is 9.91. The number of ether oxygens (including phenoxy) is 2. The van der Waals surface area contributed by atoms with Crippen molar-refractivity contribution in [2.45, 2.75) is 82.8 Å². The maximum absolute atomic E-state index is 13.8. The molecule has 1 unspecified atom stereocenters. The molecular formula is C30H37N3O7S. The minimum atomic E-state index is -3.78. The van der Waals surface area contributed by atoms with Crippen LogP contribution in [0.25, 0.3) is 10.8 Å². The van der Waals surface area contributed by atoms with E-state index in [0.717, 1.165) is 16.3 Å². The van der Waals surface area contributed by atoms with Gasteiger partial charge in [0.2, 0.25) is 21.8 Å². The molecule has 2 amide bonds. The Kier molecular flexibility index (Phi) is 7.38. The highest BCUT2D eigenvalue weighted by molar-refractivity contribution is 7.90. The monoisotopic (exact) mass is 583 g/mol. The largest absolute Gasteiger partial charge is 0.472 e. The van der Waals surface area contributed by atoms with Gasteiger partial charge in [0, 0.05) is 24.4 Å². The lowest BCUT2D eigenvalue weighted by molar-refractivity contribution is -0.131. The van der Waals surface area contributed by atoms with E-state index in [1.54, 1.807) is 33.0 Å². The fraction of sp³-hybridized carbons (Fsp3) is 0.533. The molecule has 2 aliphatic carbocycles. The van der Waals surface area contributed by atoms with Gasteiger partial charge >= 0.3 is 6.09 Å². The van der Waals surface area contributed by atoms with Crippen molar-refractivity contribution in [1.29, 1.82) is 0 Å². The Labute approximate surface area is 240 Å². The average Bonchev–Trinajstić information content (AvgIpc) is 3.80. The number of carbonyl (C=O) groups excluding carboxylic acids is 3. The summed E-state index contributed by atoms with van der Waals surface area (Å²) in [4.78, 5) is 46.1. The van der Waals surface area contributed by atoms with Gasteiger partial charge in [0.25, 0.3) is 0 Å². The number of rotatable bonds is 9. The molecule has 5 rings (SSSR count). The Hall–Kier alpha value is -3.47. The molecular weight excluding hydrogens is 546 g/mol. The summed E-state index contributed by atoms with van der Waals surface area (Å²) in [6, 6.07) is 6.85. The van der Waals surface area contributed by atoms with Crippen LogP contribution in [0.3, 0.4) is 0 Å². The zero-order chi connectivity index (χ0) is 29.7. The molecule has 0 bridgehead atoms. The van der Waals surface area contributed by atoms with Gasteiger partial charge in [0.15, 0.2) is 5.78 Å². The molecule has 1 aromatic heterocycles. The summed E-state index contributed by atoms with van der Waals surface area (Å²) in [5.74, 6) is -0.968. The Balaban J connectivity index is 1.38. The number of Topliss-reactive ketones (excluding diaryl/α,β-unsaturated/α-hetero) is 1. The standard InChI is InChI=1S/C30H37N3O7S/c1-6-20-15-30(20,27(35)32-41(37,38)22-10-11-22)16-24(34)23-14-21(17-33(23)28(36)40-29(3,4)5)39-26-25-18(2)8-7-9-19(25)12-13-31-26/h6-9,12-13,20-23H,1,10-11,14-17H2,2-5H3,(H,32,35)/t20-,21-,23?,30-/m1/s1. The second-order valence-electron chi connectivity index (χ2n) is 12.4. The summed E-state index contributed by atoms with van der Waals surface area (Å²) >= 11 is 0. The third-order valence-electron chi connectivity index (χ3n) is 8.06. The summed E-state index contributed by atoms with van der Waals surface area (Å²) in [6.45, 7) is 11.1. The van der Waals surface area contributed by atoms with Gasteiger partial charge in [-0.05, 0) is 69.9 Å². The first kappa shape index (κ1) is 29.0. The predicted octanol–water partition coefficient (Wildman–Crippen LogP) is 4.06. The van der Waals surface area contributed by atoms with Crippen molar-refractivity contribution in [1.82, 2.24) is 14.6 Å². The van der Waals surface area contributed by atoms with E-state index in [2.05, 4.69) is 16.3 Å². The quantitative estimate of drug-likeness (QED) is 0.437. The topological polar surface area (TPSA) is 132 Å². The van der Waals surface area contributed by atoms with Crippen LogP contribution in [0.5, 0.6) is 5.88 Å². The third-order valence-corrected chi connectivity index (χ3v) is 9.88. The normalized spacial score (nSPS) is 26.0. The number of carbonyl (C=O) groups is 3. The van der Waals surface area contributed by atoms with Crippen molar-refractivity contribution in [2.24, 2.45) is 11.3 Å². The molecule has 220 valence electrons. The number of nitrogens with one attached hydrogen (secondary N) is 1. The first-order valence-electron chi connectivity index (χ1n) is 14.0. The molecule has 1 N–H and O–H groups in total. The van der Waals surface area contributed by atoms with E-state index in [1.165, 1.54) is 4.90 Å². The minimum Gasteiger partial charge on any atom is -0.472 e. The van der Waals surface area contributed by atoms with Gasteiger partial charge < -0.3 is 9.47 Å².